The average molecular weight is 454 g/mol. The molecule has 1 heterocycles. The van der Waals surface area contributed by atoms with Crippen LogP contribution in [0.2, 0.25) is 0 Å². The molecule has 1 aromatic heterocycles. The van der Waals surface area contributed by atoms with Crippen LogP contribution in [-0.4, -0.2) is 5.91 Å². The molecule has 0 aliphatic rings. The van der Waals surface area contributed by atoms with Crippen LogP contribution in [0.15, 0.2) is 37.9 Å². The smallest absolute Gasteiger partial charge is 0.257 e. The van der Waals surface area contributed by atoms with Gasteiger partial charge in [0.05, 0.1) is 13.1 Å². The number of carbonyl (C=O) groups excluding carboxylic acids is 1. The Balaban J connectivity index is 2.18. The zero-order valence-electron chi connectivity index (χ0n) is 9.04. The van der Waals surface area contributed by atoms with Crippen LogP contribution in [0, 0.1) is 0 Å². The van der Waals surface area contributed by atoms with Gasteiger partial charge in [-0.05, 0) is 55.6 Å². The normalized spacial score (nSPS) is 10.4. The molecule has 0 saturated heterocycles. The summed E-state index contributed by atoms with van der Waals surface area (Å²) in [6.07, 6.45) is 0. The van der Waals surface area contributed by atoms with Gasteiger partial charge in [-0.25, -0.2) is 0 Å². The molecule has 0 spiro atoms. The van der Waals surface area contributed by atoms with E-state index >= 15 is 0 Å². The first kappa shape index (κ1) is 14.2. The van der Waals surface area contributed by atoms with Crippen LogP contribution in [0.3, 0.4) is 0 Å². The molecule has 1 amide bonds. The monoisotopic (exact) mass is 451 g/mol. The fourth-order valence-electron chi connectivity index (χ4n) is 1.43. The number of carbonyl (C=O) groups is 1. The summed E-state index contributed by atoms with van der Waals surface area (Å²) in [5.74, 6) is -0.115. The molecule has 0 saturated carbocycles. The van der Waals surface area contributed by atoms with Crippen molar-refractivity contribution in [1.29, 1.82) is 0 Å². The van der Waals surface area contributed by atoms with Crippen LogP contribution in [0.25, 0.3) is 0 Å². The molecule has 0 bridgehead atoms. The number of halogens is 3. The van der Waals surface area contributed by atoms with Gasteiger partial charge in [0.1, 0.15) is 0 Å². The fourth-order valence-corrected chi connectivity index (χ4v) is 4.57. The highest BCUT2D eigenvalue weighted by Crippen LogP contribution is 2.32. The maximum atomic E-state index is 12.1. The van der Waals surface area contributed by atoms with Gasteiger partial charge >= 0.3 is 0 Å². The van der Waals surface area contributed by atoms with Gasteiger partial charge in [0.15, 0.2) is 0 Å². The van der Waals surface area contributed by atoms with E-state index in [1.54, 1.807) is 6.07 Å². The lowest BCUT2D eigenvalue weighted by molar-refractivity contribution is 0.102. The Hall–Kier alpha value is -0.170. The van der Waals surface area contributed by atoms with Crippen molar-refractivity contribution in [3.05, 3.63) is 49.0 Å². The predicted molar refractivity (Wildman–Crippen MR) is 86.7 cm³/mol. The van der Waals surface area contributed by atoms with Crippen molar-refractivity contribution in [2.45, 2.75) is 5.33 Å². The highest BCUT2D eigenvalue weighted by molar-refractivity contribution is 9.12. The lowest BCUT2D eigenvalue weighted by Crippen LogP contribution is -2.11. The summed E-state index contributed by atoms with van der Waals surface area (Å²) in [4.78, 5) is 12.1. The molecule has 2 rings (SSSR count). The van der Waals surface area contributed by atoms with Gasteiger partial charge < -0.3 is 5.32 Å². The summed E-state index contributed by atoms with van der Waals surface area (Å²) in [6, 6.07) is 9.55. The minimum atomic E-state index is -0.115. The van der Waals surface area contributed by atoms with Gasteiger partial charge in [-0.2, -0.15) is 0 Å². The van der Waals surface area contributed by atoms with Crippen molar-refractivity contribution in [1.82, 2.24) is 0 Å². The molecule has 0 fully saturated rings. The fraction of sp³-hybridized carbons (Fsp3) is 0.0833. The van der Waals surface area contributed by atoms with Gasteiger partial charge in [-0.3, -0.25) is 4.79 Å². The number of amides is 1. The zero-order chi connectivity index (χ0) is 13.1. The molecule has 18 heavy (non-hydrogen) atoms. The first-order valence-electron chi connectivity index (χ1n) is 5.01. The standard InChI is InChI=1S/C12H8Br3NOS/c13-6-7-2-1-3-8(4-7)16-12(17)9-5-10(14)18-11(9)15/h1-5H,6H2,(H,16,17). The van der Waals surface area contributed by atoms with Crippen molar-refractivity contribution in [3.63, 3.8) is 0 Å². The minimum Gasteiger partial charge on any atom is -0.322 e. The van der Waals surface area contributed by atoms with Crippen molar-refractivity contribution in [2.75, 3.05) is 5.32 Å². The third-order valence-corrected chi connectivity index (χ3v) is 5.23. The van der Waals surface area contributed by atoms with Crippen molar-refractivity contribution >= 4 is 70.7 Å². The van der Waals surface area contributed by atoms with Gasteiger partial charge in [0.25, 0.3) is 5.91 Å². The Kier molecular flexibility index (Phi) is 5.00. The van der Waals surface area contributed by atoms with E-state index in [0.717, 1.165) is 24.2 Å². The third kappa shape index (κ3) is 3.44. The number of alkyl halides is 1. The topological polar surface area (TPSA) is 29.1 Å². The van der Waals surface area contributed by atoms with E-state index < -0.39 is 0 Å². The quantitative estimate of drug-likeness (QED) is 0.618. The van der Waals surface area contributed by atoms with E-state index in [-0.39, 0.29) is 5.91 Å². The highest BCUT2D eigenvalue weighted by atomic mass is 79.9. The maximum Gasteiger partial charge on any atom is 0.257 e. The van der Waals surface area contributed by atoms with E-state index in [9.17, 15) is 4.79 Å². The van der Waals surface area contributed by atoms with Gasteiger partial charge in [-0.1, -0.05) is 28.1 Å². The van der Waals surface area contributed by atoms with E-state index in [1.807, 2.05) is 24.3 Å². The van der Waals surface area contributed by atoms with Gasteiger partial charge in [-0.15, -0.1) is 11.3 Å². The summed E-state index contributed by atoms with van der Waals surface area (Å²) in [5.41, 5.74) is 2.56. The third-order valence-electron chi connectivity index (χ3n) is 2.24. The molecule has 0 radical (unpaired) electrons. The second-order valence-corrected chi connectivity index (χ2v) is 7.84. The number of rotatable bonds is 3. The molecule has 1 N–H and O–H groups in total. The lowest BCUT2D eigenvalue weighted by atomic mass is 10.2. The van der Waals surface area contributed by atoms with Gasteiger partial charge in [0.2, 0.25) is 0 Å². The number of nitrogens with one attached hydrogen (secondary N) is 1. The molecule has 0 unspecified atom stereocenters. The SMILES string of the molecule is O=C(Nc1cccc(CBr)c1)c1cc(Br)sc1Br. The van der Waals surface area contributed by atoms with Crippen LogP contribution in [0.5, 0.6) is 0 Å². The Morgan fingerprint density at radius 2 is 2.06 bits per heavy atom. The zero-order valence-corrected chi connectivity index (χ0v) is 14.6. The summed E-state index contributed by atoms with van der Waals surface area (Å²) in [5, 5.41) is 3.65. The number of benzene rings is 1. The number of hydrogen-bond donors (Lipinski definition) is 1. The lowest BCUT2D eigenvalue weighted by Gasteiger charge is -2.05. The van der Waals surface area contributed by atoms with E-state index in [1.165, 1.54) is 11.3 Å². The largest absolute Gasteiger partial charge is 0.322 e. The molecule has 6 heteroatoms. The minimum absolute atomic E-state index is 0.115. The van der Waals surface area contributed by atoms with Crippen molar-refractivity contribution in [2.24, 2.45) is 0 Å². The van der Waals surface area contributed by atoms with Crippen LogP contribution in [-0.2, 0) is 5.33 Å². The molecule has 2 nitrogen and oxygen atoms in total. The summed E-state index contributed by atoms with van der Waals surface area (Å²) >= 11 is 11.6. The van der Waals surface area contributed by atoms with Crippen molar-refractivity contribution < 1.29 is 4.79 Å². The molecule has 2 aromatic rings. The molecule has 0 atom stereocenters. The maximum absolute atomic E-state index is 12.1. The van der Waals surface area contributed by atoms with Crippen LogP contribution in [0.1, 0.15) is 15.9 Å². The molecular formula is C12H8Br3NOS. The van der Waals surface area contributed by atoms with E-state index in [4.69, 9.17) is 0 Å². The summed E-state index contributed by atoms with van der Waals surface area (Å²) in [6.45, 7) is 0. The number of thiophene rings is 1. The summed E-state index contributed by atoms with van der Waals surface area (Å²) < 4.78 is 1.75. The first-order valence-corrected chi connectivity index (χ1v) is 8.53. The molecule has 1 aromatic carbocycles. The van der Waals surface area contributed by atoms with Crippen LogP contribution < -0.4 is 5.32 Å². The van der Waals surface area contributed by atoms with E-state index in [0.29, 0.717) is 5.56 Å². The second-order valence-electron chi connectivity index (χ2n) is 3.53. The highest BCUT2D eigenvalue weighted by Gasteiger charge is 2.13. The second kappa shape index (κ2) is 6.32. The molecule has 94 valence electrons. The number of anilines is 1. The molecule has 0 aliphatic heterocycles. The summed E-state index contributed by atoms with van der Waals surface area (Å²) in [7, 11) is 0. The molecule has 0 aliphatic carbocycles. The predicted octanol–water partition coefficient (Wildman–Crippen LogP) is 5.42. The first-order chi connectivity index (χ1) is 8.60. The molecular weight excluding hydrogens is 446 g/mol. The van der Waals surface area contributed by atoms with Crippen LogP contribution >= 0.6 is 59.1 Å². The average Bonchev–Trinajstić information content (AvgIpc) is 2.69. The van der Waals surface area contributed by atoms with E-state index in [2.05, 4.69) is 53.1 Å². The van der Waals surface area contributed by atoms with Gasteiger partial charge in [0, 0.05) is 11.0 Å². The van der Waals surface area contributed by atoms with Crippen LogP contribution in [0.4, 0.5) is 5.69 Å². The Bertz CT molecular complexity index is 582. The Morgan fingerprint density at radius 3 is 2.67 bits per heavy atom. The Morgan fingerprint density at radius 1 is 1.28 bits per heavy atom. The number of hydrogen-bond acceptors (Lipinski definition) is 2. The van der Waals surface area contributed by atoms with Crippen molar-refractivity contribution in [3.8, 4) is 0 Å². The Labute approximate surface area is 134 Å².